The molecule has 0 aliphatic heterocycles. The Balaban J connectivity index is 1.55. The minimum atomic E-state index is -0.0145. The summed E-state index contributed by atoms with van der Waals surface area (Å²) in [5.74, 6) is 1.67. The van der Waals surface area contributed by atoms with Crippen LogP contribution in [-0.2, 0) is 4.74 Å². The summed E-state index contributed by atoms with van der Waals surface area (Å²) >= 11 is 0. The molecular formula is C27H49NO. The van der Waals surface area contributed by atoms with Crippen LogP contribution in [0.4, 0.5) is 0 Å². The van der Waals surface area contributed by atoms with Crippen LogP contribution in [0, 0.1) is 28.6 Å². The van der Waals surface area contributed by atoms with Crippen molar-refractivity contribution in [2.24, 2.45) is 17.3 Å². The molecule has 0 spiro atoms. The molecule has 2 rings (SSSR count). The molecule has 0 saturated heterocycles. The fraction of sp³-hybridized carbons (Fsp3) is 0.963. The largest absolute Gasteiger partial charge is 0.378 e. The van der Waals surface area contributed by atoms with E-state index in [9.17, 15) is 5.26 Å². The van der Waals surface area contributed by atoms with Crippen molar-refractivity contribution in [1.82, 2.24) is 0 Å². The summed E-state index contributed by atoms with van der Waals surface area (Å²) in [5.41, 5.74) is -0.0145. The van der Waals surface area contributed by atoms with Gasteiger partial charge in [0.1, 0.15) is 0 Å². The second kappa shape index (κ2) is 14.5. The molecule has 2 heteroatoms. The van der Waals surface area contributed by atoms with Gasteiger partial charge in [0.2, 0.25) is 0 Å². The van der Waals surface area contributed by atoms with Crippen molar-refractivity contribution in [1.29, 1.82) is 5.26 Å². The van der Waals surface area contributed by atoms with E-state index in [2.05, 4.69) is 19.9 Å². The summed E-state index contributed by atoms with van der Waals surface area (Å²) in [6.07, 6.45) is 25.3. The van der Waals surface area contributed by atoms with Crippen molar-refractivity contribution in [3.63, 3.8) is 0 Å². The van der Waals surface area contributed by atoms with Crippen molar-refractivity contribution in [2.45, 2.75) is 142 Å². The Morgan fingerprint density at radius 1 is 0.759 bits per heavy atom. The van der Waals surface area contributed by atoms with E-state index in [1.165, 1.54) is 103 Å². The number of nitriles is 1. The lowest BCUT2D eigenvalue weighted by Gasteiger charge is -2.36. The number of ether oxygens (including phenoxy) is 1. The molecule has 0 bridgehead atoms. The van der Waals surface area contributed by atoms with Crippen LogP contribution in [0.5, 0.6) is 0 Å². The smallest absolute Gasteiger partial charge is 0.0689 e. The summed E-state index contributed by atoms with van der Waals surface area (Å²) < 4.78 is 6.36. The highest BCUT2D eigenvalue weighted by Gasteiger charge is 2.35. The van der Waals surface area contributed by atoms with Crippen molar-refractivity contribution in [2.75, 3.05) is 6.61 Å². The molecule has 168 valence electrons. The van der Waals surface area contributed by atoms with Gasteiger partial charge < -0.3 is 4.74 Å². The van der Waals surface area contributed by atoms with Gasteiger partial charge in [0.25, 0.3) is 0 Å². The number of unbranched alkanes of at least 4 members (excludes halogenated alkanes) is 7. The van der Waals surface area contributed by atoms with E-state index in [-0.39, 0.29) is 5.41 Å². The Labute approximate surface area is 182 Å². The first-order valence-corrected chi connectivity index (χ1v) is 13.2. The molecule has 0 heterocycles. The highest BCUT2D eigenvalue weighted by molar-refractivity contribution is 5.01. The first-order valence-electron chi connectivity index (χ1n) is 13.2. The van der Waals surface area contributed by atoms with Gasteiger partial charge in [0.15, 0.2) is 0 Å². The third-order valence-corrected chi connectivity index (χ3v) is 7.89. The predicted octanol–water partition coefficient (Wildman–Crippen LogP) is 8.59. The Kier molecular flexibility index (Phi) is 12.3. The topological polar surface area (TPSA) is 33.0 Å². The zero-order valence-corrected chi connectivity index (χ0v) is 19.7. The minimum Gasteiger partial charge on any atom is -0.378 e. The van der Waals surface area contributed by atoms with E-state index in [0.717, 1.165) is 31.8 Å². The van der Waals surface area contributed by atoms with Gasteiger partial charge in [-0.3, -0.25) is 0 Å². The molecule has 0 aromatic rings. The molecular weight excluding hydrogens is 354 g/mol. The summed E-state index contributed by atoms with van der Waals surface area (Å²) in [6, 6.07) is 2.71. The zero-order chi connectivity index (χ0) is 20.8. The molecule has 0 aromatic carbocycles. The van der Waals surface area contributed by atoms with E-state index >= 15 is 0 Å². The number of rotatable bonds is 14. The van der Waals surface area contributed by atoms with Crippen LogP contribution < -0.4 is 0 Å². The molecule has 2 saturated carbocycles. The quantitative estimate of drug-likeness (QED) is 0.272. The average Bonchev–Trinajstić information content (AvgIpc) is 2.77. The third kappa shape index (κ3) is 9.42. The van der Waals surface area contributed by atoms with Crippen molar-refractivity contribution in [3.8, 4) is 6.07 Å². The molecule has 29 heavy (non-hydrogen) atoms. The van der Waals surface area contributed by atoms with Gasteiger partial charge in [-0.1, -0.05) is 78.1 Å². The molecule has 2 fully saturated rings. The van der Waals surface area contributed by atoms with E-state index in [4.69, 9.17) is 4.74 Å². The number of nitrogens with zero attached hydrogens (tertiary/aromatic N) is 1. The highest BCUT2D eigenvalue weighted by atomic mass is 16.5. The van der Waals surface area contributed by atoms with Crippen molar-refractivity contribution in [3.05, 3.63) is 0 Å². The van der Waals surface area contributed by atoms with Crippen LogP contribution in [0.25, 0.3) is 0 Å². The molecule has 0 radical (unpaired) electrons. The second-order valence-electron chi connectivity index (χ2n) is 10.3. The van der Waals surface area contributed by atoms with Gasteiger partial charge in [-0.2, -0.15) is 5.26 Å². The van der Waals surface area contributed by atoms with Crippen molar-refractivity contribution < 1.29 is 4.74 Å². The maximum Gasteiger partial charge on any atom is 0.0689 e. The SMILES string of the molecule is CCCCCCC[C@H]1CC[C@H](OC[C@H]2CC[C@@](C#N)(CCCCCC)CC2)CC1. The van der Waals surface area contributed by atoms with E-state index < -0.39 is 0 Å². The minimum absolute atomic E-state index is 0.0145. The lowest BCUT2D eigenvalue weighted by molar-refractivity contribution is -0.0135. The van der Waals surface area contributed by atoms with Crippen LogP contribution in [-0.4, -0.2) is 12.7 Å². The monoisotopic (exact) mass is 403 g/mol. The van der Waals surface area contributed by atoms with Crippen LogP contribution in [0.3, 0.4) is 0 Å². The van der Waals surface area contributed by atoms with Crippen LogP contribution >= 0.6 is 0 Å². The Morgan fingerprint density at radius 3 is 2.00 bits per heavy atom. The fourth-order valence-corrected chi connectivity index (χ4v) is 5.60. The molecule has 0 aromatic heterocycles. The van der Waals surface area contributed by atoms with Gasteiger partial charge in [-0.15, -0.1) is 0 Å². The average molecular weight is 404 g/mol. The molecule has 2 nitrogen and oxygen atoms in total. The van der Waals surface area contributed by atoms with Crippen LogP contribution in [0.2, 0.25) is 0 Å². The van der Waals surface area contributed by atoms with E-state index in [0.29, 0.717) is 12.0 Å². The van der Waals surface area contributed by atoms with Gasteiger partial charge in [0, 0.05) is 6.61 Å². The normalized spacial score (nSPS) is 30.2. The van der Waals surface area contributed by atoms with Gasteiger partial charge in [-0.25, -0.2) is 0 Å². The second-order valence-corrected chi connectivity index (χ2v) is 10.3. The molecule has 0 unspecified atom stereocenters. The van der Waals surface area contributed by atoms with Crippen LogP contribution in [0.15, 0.2) is 0 Å². The first-order chi connectivity index (χ1) is 14.2. The lowest BCUT2D eigenvalue weighted by Crippen LogP contribution is -2.30. The number of hydrogen-bond acceptors (Lipinski definition) is 2. The summed E-state index contributed by atoms with van der Waals surface area (Å²) in [7, 11) is 0. The van der Waals surface area contributed by atoms with Crippen molar-refractivity contribution >= 4 is 0 Å². The van der Waals surface area contributed by atoms with Gasteiger partial charge in [-0.05, 0) is 69.6 Å². The van der Waals surface area contributed by atoms with E-state index in [1.54, 1.807) is 0 Å². The Hall–Kier alpha value is -0.550. The molecule has 0 N–H and O–H groups in total. The Morgan fingerprint density at radius 2 is 1.38 bits per heavy atom. The lowest BCUT2D eigenvalue weighted by atomic mass is 9.69. The van der Waals surface area contributed by atoms with Gasteiger partial charge in [0.05, 0.1) is 17.6 Å². The third-order valence-electron chi connectivity index (χ3n) is 7.89. The maximum absolute atomic E-state index is 9.77. The molecule has 2 aliphatic carbocycles. The van der Waals surface area contributed by atoms with Crippen LogP contribution in [0.1, 0.15) is 136 Å². The maximum atomic E-state index is 9.77. The molecule has 2 aliphatic rings. The summed E-state index contributed by atoms with van der Waals surface area (Å²) in [5, 5.41) is 9.77. The standard InChI is InChI=1S/C27H49NO/c1-3-5-7-9-10-12-24-13-15-26(16-14-24)29-22-25-17-20-27(23-28,21-18-25)19-11-8-6-4-2/h24-26H,3-22H2,1-2H3/t24-,25-,26-,27-. The van der Waals surface area contributed by atoms with E-state index in [1.807, 2.05) is 0 Å². The van der Waals surface area contributed by atoms with Gasteiger partial charge >= 0.3 is 0 Å². The molecule has 0 atom stereocenters. The zero-order valence-electron chi connectivity index (χ0n) is 19.7. The fourth-order valence-electron chi connectivity index (χ4n) is 5.60. The number of hydrogen-bond donors (Lipinski definition) is 0. The Bertz CT molecular complexity index is 438. The molecule has 0 amide bonds. The summed E-state index contributed by atoms with van der Waals surface area (Å²) in [4.78, 5) is 0. The predicted molar refractivity (Wildman–Crippen MR) is 124 cm³/mol. The summed E-state index contributed by atoms with van der Waals surface area (Å²) in [6.45, 7) is 5.50. The highest BCUT2D eigenvalue weighted by Crippen LogP contribution is 2.42. The first kappa shape index (κ1) is 24.7.